The van der Waals surface area contributed by atoms with Crippen LogP contribution in [0.2, 0.25) is 0 Å². The number of nitrogens with one attached hydrogen (secondary N) is 5. The molecule has 6 N–H and O–H groups in total. The molecule has 0 aliphatic carbocycles. The van der Waals surface area contributed by atoms with E-state index in [-0.39, 0.29) is 55.8 Å². The number of nitrogens with zero attached hydrogens (tertiary/aromatic N) is 6. The van der Waals surface area contributed by atoms with Gasteiger partial charge in [-0.2, -0.15) is 0 Å². The van der Waals surface area contributed by atoms with Gasteiger partial charge in [0.15, 0.2) is 0 Å². The van der Waals surface area contributed by atoms with Crippen LogP contribution >= 0.6 is 0 Å². The lowest BCUT2D eigenvalue weighted by Crippen LogP contribution is -2.63. The van der Waals surface area contributed by atoms with Crippen LogP contribution in [0.25, 0.3) is 0 Å². The third-order valence-corrected chi connectivity index (χ3v) is 15.8. The molecule has 11 amide bonds. The number of hydrogen-bond acceptors (Lipinski definition) is 12. The first kappa shape index (κ1) is 76.9. The molecule has 23 nitrogen and oxygen atoms in total. The van der Waals surface area contributed by atoms with Crippen molar-refractivity contribution in [1.29, 1.82) is 0 Å². The summed E-state index contributed by atoms with van der Waals surface area (Å²) in [5.41, 5.74) is 0. The molecule has 0 saturated carbocycles. The van der Waals surface area contributed by atoms with Crippen molar-refractivity contribution >= 4 is 65.0 Å². The molecule has 0 bridgehead atoms. The van der Waals surface area contributed by atoms with Gasteiger partial charge in [-0.15, -0.1) is 0 Å². The van der Waals surface area contributed by atoms with Gasteiger partial charge in [-0.05, 0) is 101 Å². The van der Waals surface area contributed by atoms with Gasteiger partial charge in [-0.1, -0.05) is 116 Å². The van der Waals surface area contributed by atoms with E-state index in [4.69, 9.17) is 0 Å². The van der Waals surface area contributed by atoms with Gasteiger partial charge in [0.05, 0.1) is 12.6 Å². The molecule has 12 atom stereocenters. The van der Waals surface area contributed by atoms with E-state index in [9.17, 15) is 53.1 Å². The number of carbonyl (C=O) groups excluding carboxylic acids is 11. The van der Waals surface area contributed by atoms with E-state index in [0.717, 1.165) is 9.80 Å². The fraction of sp³-hybridized carbons (Fsp3) is 0.790. The van der Waals surface area contributed by atoms with Crippen LogP contribution in [0.3, 0.4) is 0 Å². The number of allylic oxidation sites excluding steroid dienone is 2. The van der Waals surface area contributed by atoms with Crippen LogP contribution in [-0.4, -0.2) is 215 Å². The summed E-state index contributed by atoms with van der Waals surface area (Å²) in [6, 6.07) is -12.4. The van der Waals surface area contributed by atoms with Gasteiger partial charge >= 0.3 is 0 Å². The van der Waals surface area contributed by atoms with Gasteiger partial charge in [0.25, 0.3) is 0 Å². The Labute approximate surface area is 508 Å². The number of aliphatic hydroxyl groups excluding tert-OH is 1. The van der Waals surface area contributed by atoms with Crippen LogP contribution < -0.4 is 26.6 Å². The topological polar surface area (TPSA) is 288 Å². The number of hydrogen-bond donors (Lipinski definition) is 6. The second-order valence-corrected chi connectivity index (χ2v) is 26.1. The Kier molecular flexibility index (Phi) is 32.1. The fourth-order valence-corrected chi connectivity index (χ4v) is 10.6. The molecule has 0 aromatic heterocycles. The molecule has 1 saturated heterocycles. The molecule has 23 heteroatoms. The molecular weight excluding hydrogens is 1090 g/mol. The first-order valence-electron chi connectivity index (χ1n) is 30.7. The summed E-state index contributed by atoms with van der Waals surface area (Å²) in [7, 11) is 8.43. The molecule has 0 unspecified atom stereocenters. The largest absolute Gasteiger partial charge is 0.390 e. The summed E-state index contributed by atoms with van der Waals surface area (Å²) in [6.45, 7) is 29.4. The van der Waals surface area contributed by atoms with Crippen LogP contribution in [0.4, 0.5) is 0 Å². The first-order chi connectivity index (χ1) is 39.3. The predicted molar refractivity (Wildman–Crippen MR) is 328 cm³/mol. The Balaban J connectivity index is 4.30. The molecule has 0 aromatic rings. The molecule has 1 aliphatic rings. The van der Waals surface area contributed by atoms with Crippen molar-refractivity contribution in [2.45, 2.75) is 229 Å². The highest BCUT2D eigenvalue weighted by molar-refractivity contribution is 5.99. The smallest absolute Gasteiger partial charge is 0.246 e. The molecule has 0 spiro atoms. The van der Waals surface area contributed by atoms with Gasteiger partial charge < -0.3 is 61.1 Å². The first-order valence-corrected chi connectivity index (χ1v) is 30.7. The van der Waals surface area contributed by atoms with E-state index in [0.29, 0.717) is 12.8 Å². The molecule has 0 radical (unpaired) electrons. The highest BCUT2D eigenvalue weighted by Gasteiger charge is 2.45. The lowest BCUT2D eigenvalue weighted by atomic mass is 9.91. The van der Waals surface area contributed by atoms with Crippen molar-refractivity contribution in [2.75, 3.05) is 48.8 Å². The van der Waals surface area contributed by atoms with Crippen LogP contribution in [0.1, 0.15) is 163 Å². The van der Waals surface area contributed by atoms with E-state index < -0.39 is 156 Å². The standard InChI is InChI=1S/C62H111N11O12/c1-24-26-28-40(15)52(75)51-57(80)65-43(27-25-2)59(82)68(18)33-48(74)69(19)45(30-35(5)6)56(79)67-49(38(11)12)61(84)71(21)46(31-36(7)8)54(77)63-41(16)53(76)64-42(17)58(81)70(20)47(32-37(9)10)55(78)66-44(29-34(3)4)60(83)72(22)50(39(13)14)62(85)73(51)23/h24,26,34-47,49-52,75H,25,27-33H2,1-23H3,(H,63,77)(H,64,76)(H,65,80)(H,66,78)(H,67,79)/b26-24+/t40-,41+,42-,43-,44+,45+,46-,47+,49+,50-,51+,52-/m1/s1. The molecule has 1 heterocycles. The molecule has 1 aliphatic heterocycles. The minimum absolute atomic E-state index is 0.0918. The Bertz CT molecular complexity index is 2310. The Morgan fingerprint density at radius 1 is 0.471 bits per heavy atom. The maximum atomic E-state index is 15.1. The van der Waals surface area contributed by atoms with Crippen LogP contribution in [0.15, 0.2) is 12.2 Å². The second-order valence-electron chi connectivity index (χ2n) is 26.1. The van der Waals surface area contributed by atoms with E-state index >= 15 is 4.79 Å². The van der Waals surface area contributed by atoms with Crippen molar-refractivity contribution in [3.8, 4) is 0 Å². The molecular formula is C62H111N11O12. The van der Waals surface area contributed by atoms with Crippen molar-refractivity contribution in [1.82, 2.24) is 56.0 Å². The number of likely N-dealkylation sites (N-methyl/N-ethyl adjacent to an activating group) is 6. The number of rotatable bonds is 16. The fourth-order valence-electron chi connectivity index (χ4n) is 10.6. The summed E-state index contributed by atoms with van der Waals surface area (Å²) in [5, 5.41) is 26.0. The number of aliphatic hydroxyl groups is 1. The Hall–Kier alpha value is -6.13. The van der Waals surface area contributed by atoms with Crippen molar-refractivity contribution < 1.29 is 57.8 Å². The van der Waals surface area contributed by atoms with Gasteiger partial charge in [-0.25, -0.2) is 0 Å². The van der Waals surface area contributed by atoms with Crippen molar-refractivity contribution in [2.24, 2.45) is 41.4 Å². The van der Waals surface area contributed by atoms with Crippen molar-refractivity contribution in [3.63, 3.8) is 0 Å². The molecule has 85 heavy (non-hydrogen) atoms. The molecule has 486 valence electrons. The minimum Gasteiger partial charge on any atom is -0.390 e. The van der Waals surface area contributed by atoms with Gasteiger partial charge in [0.1, 0.15) is 60.4 Å². The zero-order valence-electron chi connectivity index (χ0n) is 55.8. The van der Waals surface area contributed by atoms with Gasteiger partial charge in [0, 0.05) is 42.3 Å². The highest BCUT2D eigenvalue weighted by atomic mass is 16.3. The van der Waals surface area contributed by atoms with Crippen LogP contribution in [0.5, 0.6) is 0 Å². The summed E-state index contributed by atoms with van der Waals surface area (Å²) in [5.74, 6) is -9.82. The molecule has 1 fully saturated rings. The van der Waals surface area contributed by atoms with Gasteiger partial charge in [-0.3, -0.25) is 52.7 Å². The highest BCUT2D eigenvalue weighted by Crippen LogP contribution is 2.24. The third-order valence-electron chi connectivity index (χ3n) is 15.8. The Morgan fingerprint density at radius 2 is 0.906 bits per heavy atom. The lowest BCUT2D eigenvalue weighted by molar-refractivity contribution is -0.154. The van der Waals surface area contributed by atoms with E-state index in [2.05, 4.69) is 26.6 Å². The van der Waals surface area contributed by atoms with E-state index in [1.54, 1.807) is 54.5 Å². The summed E-state index contributed by atoms with van der Waals surface area (Å²) < 4.78 is 0. The second kappa shape index (κ2) is 35.5. The van der Waals surface area contributed by atoms with E-state index in [1.165, 1.54) is 75.7 Å². The average Bonchev–Trinajstić information content (AvgIpc) is 3.41. The van der Waals surface area contributed by atoms with Crippen molar-refractivity contribution in [3.05, 3.63) is 12.2 Å². The summed E-state index contributed by atoms with van der Waals surface area (Å²) in [6.07, 6.45) is 3.47. The zero-order chi connectivity index (χ0) is 65.8. The minimum atomic E-state index is -1.61. The normalized spacial score (nSPS) is 26.8. The van der Waals surface area contributed by atoms with E-state index in [1.807, 2.05) is 61.5 Å². The third kappa shape index (κ3) is 22.6. The predicted octanol–water partition coefficient (Wildman–Crippen LogP) is 3.32. The summed E-state index contributed by atoms with van der Waals surface area (Å²) in [4.78, 5) is 167. The maximum absolute atomic E-state index is 15.1. The monoisotopic (exact) mass is 1200 g/mol. The quantitative estimate of drug-likeness (QED) is 0.121. The SMILES string of the molecule is C/C=C/C[C@@H](C)[C@@H](O)[C@H]1C(=O)N[C@H](CCC)C(=O)N(C)CC(=O)N(C)[C@@H](CC(C)C)C(=O)N[C@@H](C(C)C)C(=O)N(C)[C@H](CC(C)C)C(=O)N[C@@H](C)C(=O)N[C@H](C)C(=O)N(C)[C@@H](CC(C)C)C(=O)N[C@@H](CC(C)C)C(=O)N(C)[C@H](C(C)C)C(=O)N1C. The number of amides is 11. The van der Waals surface area contributed by atoms with Crippen LogP contribution in [-0.2, 0) is 52.7 Å². The molecule has 1 rings (SSSR count). The number of carbonyl (C=O) groups is 11. The Morgan fingerprint density at radius 3 is 1.36 bits per heavy atom. The van der Waals surface area contributed by atoms with Crippen LogP contribution in [0, 0.1) is 41.4 Å². The average molecular weight is 1200 g/mol. The van der Waals surface area contributed by atoms with Gasteiger partial charge in [0.2, 0.25) is 65.0 Å². The maximum Gasteiger partial charge on any atom is 0.246 e. The summed E-state index contributed by atoms with van der Waals surface area (Å²) >= 11 is 0. The zero-order valence-corrected chi connectivity index (χ0v) is 55.8. The lowest BCUT2D eigenvalue weighted by Gasteiger charge is -2.40. The molecule has 0 aromatic carbocycles.